The van der Waals surface area contributed by atoms with E-state index in [1.54, 1.807) is 29.0 Å². The number of rotatable bonds is 12. The number of ether oxygens (including phenoxy) is 3. The Bertz CT molecular complexity index is 1590. The largest absolute Gasteiger partial charge is 0.497 e. The lowest BCUT2D eigenvalue weighted by Gasteiger charge is -2.32. The Hall–Kier alpha value is -3.71. The molecule has 1 aliphatic heterocycles. The van der Waals surface area contributed by atoms with Gasteiger partial charge in [-0.05, 0) is 61.2 Å². The predicted molar refractivity (Wildman–Crippen MR) is 159 cm³/mol. The monoisotopic (exact) mass is 611 g/mol. The van der Waals surface area contributed by atoms with Crippen LogP contribution in [0.1, 0.15) is 48.9 Å². The summed E-state index contributed by atoms with van der Waals surface area (Å²) in [6, 6.07) is 13.7. The molecule has 2 aromatic carbocycles. The molecule has 230 valence electrons. The van der Waals surface area contributed by atoms with Crippen molar-refractivity contribution in [2.24, 2.45) is 0 Å². The lowest BCUT2D eigenvalue weighted by atomic mass is 9.91. The maximum absolute atomic E-state index is 13.3. The molecule has 12 heteroatoms. The third-order valence-electron chi connectivity index (χ3n) is 7.89. The van der Waals surface area contributed by atoms with Crippen LogP contribution in [0.25, 0.3) is 10.9 Å². The predicted octanol–water partition coefficient (Wildman–Crippen LogP) is 3.39. The van der Waals surface area contributed by atoms with Crippen molar-refractivity contribution in [3.8, 4) is 5.75 Å². The molecule has 11 nitrogen and oxygen atoms in total. The average Bonchev–Trinajstić information content (AvgIpc) is 3.38. The molecule has 1 aromatic heterocycles. The number of amides is 1. The van der Waals surface area contributed by atoms with E-state index >= 15 is 0 Å². The van der Waals surface area contributed by atoms with E-state index in [1.165, 1.54) is 26.2 Å². The molecule has 1 fully saturated rings. The minimum atomic E-state index is -3.92. The number of benzene rings is 2. The number of sulfonamides is 1. The summed E-state index contributed by atoms with van der Waals surface area (Å²) in [5.74, 6) is -0.107. The van der Waals surface area contributed by atoms with Gasteiger partial charge in [-0.25, -0.2) is 8.42 Å². The summed E-state index contributed by atoms with van der Waals surface area (Å²) in [6.45, 7) is 0.921. The Morgan fingerprint density at radius 2 is 1.86 bits per heavy atom. The number of allylic oxidation sites excluding steroid dienone is 1. The van der Waals surface area contributed by atoms with E-state index in [0.29, 0.717) is 12.2 Å². The molecular formula is C31H37N3O8S. The van der Waals surface area contributed by atoms with Crippen LogP contribution in [0.3, 0.4) is 0 Å². The highest BCUT2D eigenvalue weighted by molar-refractivity contribution is 7.89. The van der Waals surface area contributed by atoms with Crippen molar-refractivity contribution < 1.29 is 37.3 Å². The number of carbonyl (C=O) groups is 2. The number of methoxy groups -OCH3 is 1. The van der Waals surface area contributed by atoms with E-state index in [-0.39, 0.29) is 60.7 Å². The van der Waals surface area contributed by atoms with Gasteiger partial charge in [0.25, 0.3) is 5.91 Å². The second-order valence-corrected chi connectivity index (χ2v) is 12.6. The highest BCUT2D eigenvalue weighted by Gasteiger charge is 2.33. The molecule has 2 atom stereocenters. The number of aromatic nitrogens is 1. The van der Waals surface area contributed by atoms with Crippen LogP contribution in [0.15, 0.2) is 71.5 Å². The zero-order chi connectivity index (χ0) is 30.6. The molecule has 2 N–H and O–H groups in total. The highest BCUT2D eigenvalue weighted by Crippen LogP contribution is 2.36. The average molecular weight is 612 g/mol. The first-order chi connectivity index (χ1) is 20.7. The zero-order valence-electron chi connectivity index (χ0n) is 24.3. The van der Waals surface area contributed by atoms with Crippen molar-refractivity contribution >= 4 is 32.7 Å². The molecule has 0 bridgehead atoms. The molecule has 5 rings (SSSR count). The number of aliphatic hydroxyl groups is 1. The summed E-state index contributed by atoms with van der Waals surface area (Å²) >= 11 is 0. The third-order valence-corrected chi connectivity index (χ3v) is 9.81. The molecule has 0 saturated heterocycles. The Labute approximate surface area is 251 Å². The van der Waals surface area contributed by atoms with Gasteiger partial charge in [-0.1, -0.05) is 18.2 Å². The van der Waals surface area contributed by atoms with Crippen LogP contribution >= 0.6 is 0 Å². The number of nitrogens with zero attached hydrogens (tertiary/aromatic N) is 2. The fraction of sp³-hybridized carbons (Fsp3) is 0.419. The van der Waals surface area contributed by atoms with E-state index < -0.39 is 16.3 Å². The Balaban J connectivity index is 1.35. The zero-order valence-corrected chi connectivity index (χ0v) is 25.1. The Morgan fingerprint density at radius 1 is 1.12 bits per heavy atom. The number of aliphatic hydroxyl groups excluding tert-OH is 1. The fourth-order valence-electron chi connectivity index (χ4n) is 5.35. The molecule has 1 aliphatic carbocycles. The maximum atomic E-state index is 13.3. The molecule has 0 radical (unpaired) electrons. The normalized spacial score (nSPS) is 19.0. The van der Waals surface area contributed by atoms with Gasteiger partial charge in [0.2, 0.25) is 22.2 Å². The van der Waals surface area contributed by atoms with Crippen molar-refractivity contribution in [3.63, 3.8) is 0 Å². The number of fused-ring (bicyclic) bond motifs is 1. The van der Waals surface area contributed by atoms with Crippen LogP contribution in [0.4, 0.5) is 0 Å². The summed E-state index contributed by atoms with van der Waals surface area (Å²) < 4.78 is 46.5. The van der Waals surface area contributed by atoms with Gasteiger partial charge in [0.05, 0.1) is 30.7 Å². The summed E-state index contributed by atoms with van der Waals surface area (Å²) in [5.41, 5.74) is 1.63. The topological polar surface area (TPSA) is 136 Å². The minimum absolute atomic E-state index is 0.0422. The van der Waals surface area contributed by atoms with Gasteiger partial charge in [0.1, 0.15) is 5.75 Å². The van der Waals surface area contributed by atoms with Crippen molar-refractivity contribution in [1.29, 1.82) is 0 Å². The molecule has 0 unspecified atom stereocenters. The van der Waals surface area contributed by atoms with E-state index in [4.69, 9.17) is 14.2 Å². The van der Waals surface area contributed by atoms with Crippen molar-refractivity contribution in [2.45, 2.75) is 55.8 Å². The smallest absolute Gasteiger partial charge is 0.286 e. The first kappa shape index (κ1) is 30.7. The quantitative estimate of drug-likeness (QED) is 0.318. The fourth-order valence-corrected chi connectivity index (χ4v) is 6.77. The molecule has 0 spiro atoms. The summed E-state index contributed by atoms with van der Waals surface area (Å²) in [4.78, 5) is 25.6. The van der Waals surface area contributed by atoms with Gasteiger partial charge in [-0.15, -0.1) is 0 Å². The molecule has 2 heterocycles. The maximum Gasteiger partial charge on any atom is 0.286 e. The lowest BCUT2D eigenvalue weighted by molar-refractivity contribution is -0.147. The van der Waals surface area contributed by atoms with Gasteiger partial charge in [-0.2, -0.15) is 4.31 Å². The minimum Gasteiger partial charge on any atom is -0.497 e. The van der Waals surface area contributed by atoms with Crippen LogP contribution in [-0.4, -0.2) is 80.0 Å². The van der Waals surface area contributed by atoms with Crippen molar-refractivity contribution in [3.05, 3.63) is 72.1 Å². The lowest BCUT2D eigenvalue weighted by Crippen LogP contribution is -2.42. The summed E-state index contributed by atoms with van der Waals surface area (Å²) in [7, 11) is -2.43. The van der Waals surface area contributed by atoms with Crippen LogP contribution < -0.4 is 10.1 Å². The second kappa shape index (κ2) is 13.3. The molecule has 3 aromatic rings. The van der Waals surface area contributed by atoms with Gasteiger partial charge in [0, 0.05) is 50.0 Å². The standard InChI is InChI=1S/C31H37N3O8S/c1-21(36)34-20-27(26-8-3-4-9-28(26)34)22-18-29(31(37)32-23-6-5-7-23)42-30(19-22)41-17-15-33(14-16-35)43(38,39)25-12-10-24(40-2)11-13-25/h3-4,8-13,18,20,22-23,30,35H,5-7,14-17,19H2,1-2H3,(H,32,37)/t22-,30+/m0/s1. The summed E-state index contributed by atoms with van der Waals surface area (Å²) in [6.07, 6.45) is 5.95. The van der Waals surface area contributed by atoms with Crippen LogP contribution in [-0.2, 0) is 24.3 Å². The number of hydrogen-bond donors (Lipinski definition) is 2. The first-order valence-corrected chi connectivity index (χ1v) is 15.8. The summed E-state index contributed by atoms with van der Waals surface area (Å²) in [5, 5.41) is 13.5. The molecule has 43 heavy (non-hydrogen) atoms. The van der Waals surface area contributed by atoms with Crippen molar-refractivity contribution in [1.82, 2.24) is 14.2 Å². The SMILES string of the molecule is COc1ccc(S(=O)(=O)N(CCO)CCO[C@H]2C[C@@H](c3cn(C(C)=O)c4ccccc34)C=C(C(=O)NC3CCC3)O2)cc1. The molecule has 1 amide bonds. The van der Waals surface area contributed by atoms with E-state index in [0.717, 1.165) is 40.0 Å². The van der Waals surface area contributed by atoms with E-state index in [2.05, 4.69) is 5.32 Å². The van der Waals surface area contributed by atoms with Crippen LogP contribution in [0.5, 0.6) is 5.75 Å². The van der Waals surface area contributed by atoms with E-state index in [9.17, 15) is 23.1 Å². The second-order valence-electron chi connectivity index (χ2n) is 10.7. The van der Waals surface area contributed by atoms with Gasteiger partial charge >= 0.3 is 0 Å². The number of carbonyl (C=O) groups excluding carboxylic acids is 2. The van der Waals surface area contributed by atoms with Gasteiger partial charge in [0.15, 0.2) is 5.76 Å². The molecular weight excluding hydrogens is 574 g/mol. The number of para-hydroxylation sites is 1. The third kappa shape index (κ3) is 6.77. The Kier molecular flexibility index (Phi) is 9.50. The Morgan fingerprint density at radius 3 is 2.51 bits per heavy atom. The van der Waals surface area contributed by atoms with Gasteiger partial charge < -0.3 is 24.6 Å². The van der Waals surface area contributed by atoms with Crippen LogP contribution in [0, 0.1) is 0 Å². The van der Waals surface area contributed by atoms with Gasteiger partial charge in [-0.3, -0.25) is 14.2 Å². The number of nitrogens with one attached hydrogen (secondary N) is 1. The number of hydrogen-bond acceptors (Lipinski definition) is 8. The first-order valence-electron chi connectivity index (χ1n) is 14.4. The van der Waals surface area contributed by atoms with Crippen molar-refractivity contribution in [2.75, 3.05) is 33.4 Å². The molecule has 1 saturated carbocycles. The highest BCUT2D eigenvalue weighted by atomic mass is 32.2. The van der Waals surface area contributed by atoms with E-state index in [1.807, 2.05) is 24.3 Å². The van der Waals surface area contributed by atoms with Crippen LogP contribution in [0.2, 0.25) is 0 Å². The molecule has 2 aliphatic rings.